The van der Waals surface area contributed by atoms with E-state index in [1.54, 1.807) is 0 Å². The number of alkyl halides is 2. The molecule has 0 radical (unpaired) electrons. The number of rotatable bonds is 10. The van der Waals surface area contributed by atoms with Gasteiger partial charge in [-0.2, -0.15) is 9.67 Å². The third kappa shape index (κ3) is 5.85. The first-order valence-corrected chi connectivity index (χ1v) is 18.4. The number of H-pyrrole nitrogens is 2. The van der Waals surface area contributed by atoms with E-state index in [2.05, 4.69) is 59.7 Å². The highest BCUT2D eigenvalue weighted by molar-refractivity contribution is 8.46. The quantitative estimate of drug-likeness (QED) is 0.0955. The van der Waals surface area contributed by atoms with Crippen molar-refractivity contribution in [2.24, 2.45) is 0 Å². The van der Waals surface area contributed by atoms with Crippen LogP contribution >= 0.6 is 38.3 Å². The summed E-state index contributed by atoms with van der Waals surface area (Å²) in [6.45, 7) is -5.68. The van der Waals surface area contributed by atoms with E-state index in [0.29, 0.717) is 0 Å². The zero-order valence-corrected chi connectivity index (χ0v) is 26.1. The smallest absolute Gasteiger partial charge is 0.282 e. The second-order valence-corrected chi connectivity index (χ2v) is 15.5. The highest BCUT2D eigenvalue weighted by atomic mass is 32.7. The van der Waals surface area contributed by atoms with Crippen molar-refractivity contribution in [2.75, 3.05) is 18.9 Å². The van der Waals surface area contributed by atoms with Crippen molar-refractivity contribution in [3.63, 3.8) is 0 Å². The molecule has 45 heavy (non-hydrogen) atoms. The van der Waals surface area contributed by atoms with Crippen molar-refractivity contribution < 1.29 is 41.5 Å². The fourth-order valence-electron chi connectivity index (χ4n) is 5.26. The van der Waals surface area contributed by atoms with E-state index in [-0.39, 0.29) is 34.7 Å². The molecule has 2 unspecified atom stereocenters. The van der Waals surface area contributed by atoms with Gasteiger partial charge in [-0.15, -0.1) is 5.10 Å². The first-order chi connectivity index (χ1) is 21.4. The number of hydrogen-bond donors (Lipinski definition) is 6. The molecule has 2 aliphatic rings. The van der Waals surface area contributed by atoms with Crippen molar-refractivity contribution >= 4 is 66.6 Å². The lowest BCUT2D eigenvalue weighted by atomic mass is 10.1. The average molecular weight is 713 g/mol. The number of anilines is 1. The third-order valence-corrected chi connectivity index (χ3v) is 11.0. The number of hydrogen-bond acceptors (Lipinski definition) is 15. The zero-order chi connectivity index (χ0) is 32.2. The molecule has 19 nitrogen and oxygen atoms in total. The summed E-state index contributed by atoms with van der Waals surface area (Å²) in [7, 11) is -3.06. The number of aromatic nitrogens is 9. The summed E-state index contributed by atoms with van der Waals surface area (Å²) in [5.74, 6) is -0.312. The van der Waals surface area contributed by atoms with E-state index in [0.717, 1.165) is 21.9 Å². The molecule has 244 valence electrons. The van der Waals surface area contributed by atoms with Gasteiger partial charge in [0.05, 0.1) is 25.4 Å². The van der Waals surface area contributed by atoms with Gasteiger partial charge in [-0.3, -0.25) is 28.3 Å². The molecule has 2 saturated heterocycles. The summed E-state index contributed by atoms with van der Waals surface area (Å²) in [5.41, 5.74) is 1.96. The summed E-state index contributed by atoms with van der Waals surface area (Å²) in [4.78, 5) is 40.8. The predicted octanol–water partition coefficient (Wildman–Crippen LogP) is 0.296. The van der Waals surface area contributed by atoms with Crippen LogP contribution in [0.15, 0.2) is 22.2 Å². The topological polar surface area (TPSA) is 257 Å². The molecule has 0 spiro atoms. The number of nitrogens with two attached hydrogens (primary N) is 1. The van der Waals surface area contributed by atoms with Gasteiger partial charge in [-0.1, -0.05) is 29.7 Å². The Morgan fingerprint density at radius 1 is 1.13 bits per heavy atom. The van der Waals surface area contributed by atoms with Crippen LogP contribution in [-0.4, -0.2) is 99.1 Å². The largest absolute Gasteiger partial charge is 0.396 e. The zero-order valence-electron chi connectivity index (χ0n) is 22.4. The Kier molecular flexibility index (Phi) is 8.91. The van der Waals surface area contributed by atoms with Gasteiger partial charge in [0.1, 0.15) is 24.0 Å². The van der Waals surface area contributed by atoms with Crippen LogP contribution in [0.3, 0.4) is 0 Å². The van der Waals surface area contributed by atoms with Crippen LogP contribution in [0.2, 0.25) is 0 Å². The number of imidazole rings is 1. The molecule has 6 heterocycles. The lowest BCUT2D eigenvalue weighted by Crippen LogP contribution is -2.34. The second-order valence-electron chi connectivity index (χ2n) is 9.94. The molecule has 0 bridgehead atoms. The minimum Gasteiger partial charge on any atom is -0.396 e. The molecule has 6 rings (SSSR count). The number of aliphatic hydroxyl groups excluding tert-OH is 1. The van der Waals surface area contributed by atoms with E-state index in [1.807, 2.05) is 0 Å². The van der Waals surface area contributed by atoms with Crippen LogP contribution in [0.5, 0.6) is 0 Å². The Morgan fingerprint density at radius 2 is 1.89 bits per heavy atom. The average Bonchev–Trinajstić information content (AvgIpc) is 3.73. The number of fused-ring (bicyclic) bond motifs is 2. The van der Waals surface area contributed by atoms with Gasteiger partial charge in [0.2, 0.25) is 13.2 Å². The van der Waals surface area contributed by atoms with Crippen molar-refractivity contribution in [3.8, 4) is 0 Å². The molecule has 0 saturated carbocycles. The van der Waals surface area contributed by atoms with E-state index in [1.165, 1.54) is 0 Å². The maximum absolute atomic E-state index is 15.9. The number of aromatic amines is 2. The Balaban J connectivity index is 1.29. The number of halogens is 2. The van der Waals surface area contributed by atoms with Crippen LogP contribution in [0.25, 0.3) is 22.3 Å². The molecule has 2 aliphatic heterocycles. The van der Waals surface area contributed by atoms with E-state index in [9.17, 15) is 23.8 Å². The van der Waals surface area contributed by atoms with Crippen LogP contribution < -0.4 is 16.9 Å². The summed E-state index contributed by atoms with van der Waals surface area (Å²) in [6, 6.07) is 0. The minimum atomic E-state index is -4.46. The Labute approximate surface area is 259 Å². The van der Waals surface area contributed by atoms with Gasteiger partial charge in [0.15, 0.2) is 41.0 Å². The molecular weight excluding hydrogens is 688 g/mol. The lowest BCUT2D eigenvalue weighted by Gasteiger charge is -2.27. The summed E-state index contributed by atoms with van der Waals surface area (Å²) in [5, 5.41) is 17.0. The SMILES string of the molecule is Nc1nc2c(nnn2[C@@H]2O[C@H](CCO)[C@@H](F)[C@H]2P(=O)(S)OC[C@H]2O[C@@H](n3cnc4c(=O)[nH]cnc43)[C@@H](F)[C@@H]2O[PH](=O)S)c(=O)[nH]1. The van der Waals surface area contributed by atoms with E-state index >= 15 is 8.78 Å². The van der Waals surface area contributed by atoms with Crippen LogP contribution in [0.4, 0.5) is 14.7 Å². The van der Waals surface area contributed by atoms with Gasteiger partial charge in [0, 0.05) is 6.61 Å². The normalized spacial score (nSPS) is 30.7. The number of ether oxygens (including phenoxy) is 2. The van der Waals surface area contributed by atoms with Gasteiger partial charge in [0.25, 0.3) is 17.7 Å². The highest BCUT2D eigenvalue weighted by Crippen LogP contribution is 2.64. The fourth-order valence-corrected chi connectivity index (χ4v) is 8.67. The van der Waals surface area contributed by atoms with Gasteiger partial charge in [-0.05, 0) is 6.42 Å². The number of nitrogen functional groups attached to an aromatic ring is 1. The number of thiol groups is 2. The summed E-state index contributed by atoms with van der Waals surface area (Å²) < 4.78 is 81.9. The van der Waals surface area contributed by atoms with E-state index in [4.69, 9.17) is 24.3 Å². The highest BCUT2D eigenvalue weighted by Gasteiger charge is 2.56. The van der Waals surface area contributed by atoms with Crippen molar-refractivity contribution in [1.29, 1.82) is 0 Å². The van der Waals surface area contributed by atoms with Gasteiger partial charge in [-0.25, -0.2) is 18.7 Å². The molecule has 5 N–H and O–H groups in total. The predicted molar refractivity (Wildman–Crippen MR) is 157 cm³/mol. The third-order valence-electron chi connectivity index (χ3n) is 7.24. The molecular formula is C20H24F2N10O9P2S2. The number of nitrogens with zero attached hydrogens (tertiary/aromatic N) is 7. The summed E-state index contributed by atoms with van der Waals surface area (Å²) >= 11 is 7.90. The Morgan fingerprint density at radius 3 is 2.62 bits per heavy atom. The van der Waals surface area contributed by atoms with Crippen molar-refractivity contribution in [1.82, 2.24) is 44.5 Å². The molecule has 25 heteroatoms. The second kappa shape index (κ2) is 12.5. The first-order valence-electron chi connectivity index (χ1n) is 13.0. The molecule has 0 aliphatic carbocycles. The van der Waals surface area contributed by atoms with Crippen LogP contribution in [0, 0.1) is 0 Å². The monoisotopic (exact) mass is 712 g/mol. The first kappa shape index (κ1) is 32.2. The number of aliphatic hydroxyl groups is 1. The van der Waals surface area contributed by atoms with Crippen LogP contribution in [-0.2, 0) is 27.7 Å². The molecule has 2 fully saturated rings. The Hall–Kier alpha value is -2.75. The maximum Gasteiger partial charge on any atom is 0.282 e. The Bertz CT molecular complexity index is 1930. The van der Waals surface area contributed by atoms with Gasteiger partial charge >= 0.3 is 0 Å². The molecule has 4 aromatic heterocycles. The van der Waals surface area contributed by atoms with E-state index < -0.39 is 86.9 Å². The van der Waals surface area contributed by atoms with Crippen molar-refractivity contribution in [3.05, 3.63) is 33.4 Å². The van der Waals surface area contributed by atoms with Crippen LogP contribution in [0.1, 0.15) is 18.9 Å². The molecule has 4 aromatic rings. The molecule has 10 atom stereocenters. The minimum absolute atomic E-state index is 0.0283. The number of nitrogens with one attached hydrogen (secondary N) is 2. The van der Waals surface area contributed by atoms with Crippen molar-refractivity contribution in [2.45, 2.75) is 55.2 Å². The molecule has 0 amide bonds. The fraction of sp³-hybridized carbons (Fsp3) is 0.550. The van der Waals surface area contributed by atoms with Gasteiger partial charge < -0.3 is 34.3 Å². The lowest BCUT2D eigenvalue weighted by molar-refractivity contribution is -0.0385. The maximum atomic E-state index is 15.9. The molecule has 0 aromatic carbocycles. The summed E-state index contributed by atoms with van der Waals surface area (Å²) in [6.07, 6.45) is -9.52. The standard InChI is InChI=1S/C20H24F2N10O9P2S2/c21-8-6(1-2-33)39-19(32-15-11(29-30-32)17(35)28-20(23)27-15)13(8)43(37,45)38-3-7-12(41-42(36)44)9(22)18(40-7)31-5-26-10-14(31)24-4-25-16(10)34/h4-9,12-13,18-19,33,42H,1-3H2,(H,36,44)(H,37,45)(H,24,25,34)(H3,23,27,28,35)/t6-,7-,8-,9+,12-,13-,18-,19-,43?/m1/s1.